The normalized spacial score (nSPS) is 19.2. The molecule has 0 aromatic heterocycles. The van der Waals surface area contributed by atoms with E-state index in [2.05, 4.69) is 27.7 Å². The maximum absolute atomic E-state index is 5.78. The molecule has 2 heteroatoms. The lowest BCUT2D eigenvalue weighted by atomic mass is 9.92. The van der Waals surface area contributed by atoms with Crippen molar-refractivity contribution in [1.29, 1.82) is 0 Å². The van der Waals surface area contributed by atoms with Gasteiger partial charge in [-0.3, -0.25) is 0 Å². The zero-order valence-corrected chi connectivity index (χ0v) is 9.00. The first-order chi connectivity index (χ1) is 5.49. The smallest absolute Gasteiger partial charge is 0.0597 e. The van der Waals surface area contributed by atoms with Crippen LogP contribution >= 0.6 is 0 Å². The van der Waals surface area contributed by atoms with Crippen molar-refractivity contribution in [3.63, 3.8) is 0 Å². The summed E-state index contributed by atoms with van der Waals surface area (Å²) in [4.78, 5) is 0. The van der Waals surface area contributed by atoms with Crippen LogP contribution in [-0.4, -0.2) is 19.3 Å². The third-order valence-corrected chi connectivity index (χ3v) is 2.55. The summed E-state index contributed by atoms with van der Waals surface area (Å²) in [6, 6.07) is 0.265. The molecule has 3 atom stereocenters. The van der Waals surface area contributed by atoms with Crippen LogP contribution in [0.4, 0.5) is 0 Å². The topological polar surface area (TPSA) is 35.2 Å². The van der Waals surface area contributed by atoms with Crippen molar-refractivity contribution < 1.29 is 4.74 Å². The SMILES string of the molecule is COC(C[C@@H](C)C(C)N)C(C)C. The fourth-order valence-electron chi connectivity index (χ4n) is 1.22. The minimum absolute atomic E-state index is 0.265. The molecule has 0 bridgehead atoms. The zero-order chi connectivity index (χ0) is 9.72. The van der Waals surface area contributed by atoms with E-state index in [-0.39, 0.29) is 6.04 Å². The fraction of sp³-hybridized carbons (Fsp3) is 1.00. The van der Waals surface area contributed by atoms with E-state index in [0.717, 1.165) is 6.42 Å². The number of nitrogens with two attached hydrogens (primary N) is 1. The van der Waals surface area contributed by atoms with Crippen molar-refractivity contribution >= 4 is 0 Å². The molecule has 0 saturated heterocycles. The fourth-order valence-corrected chi connectivity index (χ4v) is 1.22. The highest BCUT2D eigenvalue weighted by Gasteiger charge is 2.17. The molecule has 0 radical (unpaired) electrons. The van der Waals surface area contributed by atoms with E-state index in [0.29, 0.717) is 17.9 Å². The van der Waals surface area contributed by atoms with E-state index in [4.69, 9.17) is 10.5 Å². The Balaban J connectivity index is 3.85. The van der Waals surface area contributed by atoms with Gasteiger partial charge in [0.2, 0.25) is 0 Å². The molecule has 0 fully saturated rings. The van der Waals surface area contributed by atoms with E-state index < -0.39 is 0 Å². The van der Waals surface area contributed by atoms with E-state index in [1.807, 2.05) is 0 Å². The highest BCUT2D eigenvalue weighted by Crippen LogP contribution is 2.17. The van der Waals surface area contributed by atoms with Crippen LogP contribution in [0, 0.1) is 11.8 Å². The van der Waals surface area contributed by atoms with Gasteiger partial charge in [0, 0.05) is 13.2 Å². The van der Waals surface area contributed by atoms with Crippen LogP contribution < -0.4 is 5.73 Å². The Morgan fingerprint density at radius 2 is 1.67 bits per heavy atom. The van der Waals surface area contributed by atoms with E-state index in [9.17, 15) is 0 Å². The van der Waals surface area contributed by atoms with E-state index in [1.54, 1.807) is 7.11 Å². The van der Waals surface area contributed by atoms with Crippen molar-refractivity contribution in [2.45, 2.75) is 46.3 Å². The van der Waals surface area contributed by atoms with Gasteiger partial charge in [0.15, 0.2) is 0 Å². The van der Waals surface area contributed by atoms with Gasteiger partial charge in [0.25, 0.3) is 0 Å². The van der Waals surface area contributed by atoms with Crippen LogP contribution in [0.1, 0.15) is 34.1 Å². The Kier molecular flexibility index (Phi) is 5.51. The van der Waals surface area contributed by atoms with Crippen molar-refractivity contribution in [2.24, 2.45) is 17.6 Å². The molecule has 0 aliphatic rings. The van der Waals surface area contributed by atoms with Gasteiger partial charge in [-0.1, -0.05) is 20.8 Å². The van der Waals surface area contributed by atoms with Gasteiger partial charge in [-0.2, -0.15) is 0 Å². The molecular weight excluding hydrogens is 150 g/mol. The van der Waals surface area contributed by atoms with Crippen molar-refractivity contribution in [3.05, 3.63) is 0 Å². The summed E-state index contributed by atoms with van der Waals surface area (Å²) in [5.41, 5.74) is 5.78. The first-order valence-electron chi connectivity index (χ1n) is 4.77. The molecule has 0 aliphatic heterocycles. The molecule has 0 spiro atoms. The van der Waals surface area contributed by atoms with Crippen molar-refractivity contribution in [1.82, 2.24) is 0 Å². The molecule has 0 amide bonds. The molecule has 0 aliphatic carbocycles. The van der Waals surface area contributed by atoms with Gasteiger partial charge in [0.1, 0.15) is 0 Å². The van der Waals surface area contributed by atoms with Crippen LogP contribution in [0.25, 0.3) is 0 Å². The predicted octanol–water partition coefficient (Wildman–Crippen LogP) is 2.03. The molecule has 0 saturated carbocycles. The molecular formula is C10H23NO. The Hall–Kier alpha value is -0.0800. The largest absolute Gasteiger partial charge is 0.381 e. The summed E-state index contributed by atoms with van der Waals surface area (Å²) >= 11 is 0. The summed E-state index contributed by atoms with van der Waals surface area (Å²) < 4.78 is 5.38. The van der Waals surface area contributed by atoms with Crippen LogP contribution in [-0.2, 0) is 4.74 Å². The second-order valence-electron chi connectivity index (χ2n) is 4.09. The monoisotopic (exact) mass is 173 g/mol. The summed E-state index contributed by atoms with van der Waals surface area (Å²) in [5.74, 6) is 1.12. The van der Waals surface area contributed by atoms with Gasteiger partial charge in [-0.25, -0.2) is 0 Å². The highest BCUT2D eigenvalue weighted by molar-refractivity contribution is 4.71. The molecule has 0 heterocycles. The summed E-state index contributed by atoms with van der Waals surface area (Å²) in [7, 11) is 1.78. The number of hydrogen-bond acceptors (Lipinski definition) is 2. The van der Waals surface area contributed by atoms with Gasteiger partial charge in [0.05, 0.1) is 6.10 Å². The van der Waals surface area contributed by atoms with Gasteiger partial charge < -0.3 is 10.5 Å². The lowest BCUT2D eigenvalue weighted by Crippen LogP contribution is -2.30. The van der Waals surface area contributed by atoms with Crippen molar-refractivity contribution in [2.75, 3.05) is 7.11 Å². The van der Waals surface area contributed by atoms with Crippen LogP contribution in [0.2, 0.25) is 0 Å². The lowest BCUT2D eigenvalue weighted by molar-refractivity contribution is 0.0441. The Morgan fingerprint density at radius 1 is 1.17 bits per heavy atom. The zero-order valence-electron chi connectivity index (χ0n) is 9.00. The Labute approximate surface area is 76.5 Å². The van der Waals surface area contributed by atoms with Crippen LogP contribution in [0.3, 0.4) is 0 Å². The minimum atomic E-state index is 0.265. The Bertz CT molecular complexity index is 112. The summed E-state index contributed by atoms with van der Waals surface area (Å²) in [5, 5.41) is 0. The molecule has 0 aromatic carbocycles. The minimum Gasteiger partial charge on any atom is -0.381 e. The number of hydrogen-bond donors (Lipinski definition) is 1. The lowest BCUT2D eigenvalue weighted by Gasteiger charge is -2.24. The third-order valence-electron chi connectivity index (χ3n) is 2.55. The quantitative estimate of drug-likeness (QED) is 0.690. The predicted molar refractivity (Wildman–Crippen MR) is 53.1 cm³/mol. The molecule has 0 rings (SSSR count). The first-order valence-corrected chi connectivity index (χ1v) is 4.77. The van der Waals surface area contributed by atoms with E-state index >= 15 is 0 Å². The molecule has 12 heavy (non-hydrogen) atoms. The number of methoxy groups -OCH3 is 1. The number of ether oxygens (including phenoxy) is 1. The second kappa shape index (κ2) is 5.55. The standard InChI is InChI=1S/C10H23NO/c1-7(2)10(12-5)6-8(3)9(4)11/h7-10H,6,11H2,1-5H3/t8-,9?,10?/m1/s1. The number of rotatable bonds is 5. The average molecular weight is 173 g/mol. The molecule has 74 valence electrons. The molecule has 2 N–H and O–H groups in total. The van der Waals surface area contributed by atoms with Crippen molar-refractivity contribution in [3.8, 4) is 0 Å². The van der Waals surface area contributed by atoms with E-state index in [1.165, 1.54) is 0 Å². The van der Waals surface area contributed by atoms with Crippen LogP contribution in [0.15, 0.2) is 0 Å². The molecule has 0 aromatic rings. The average Bonchev–Trinajstić information content (AvgIpc) is 1.98. The van der Waals surface area contributed by atoms with Crippen LogP contribution in [0.5, 0.6) is 0 Å². The second-order valence-corrected chi connectivity index (χ2v) is 4.09. The summed E-state index contributed by atoms with van der Waals surface area (Å²) in [6.07, 6.45) is 1.41. The third kappa shape index (κ3) is 4.07. The maximum Gasteiger partial charge on any atom is 0.0597 e. The molecule has 2 nitrogen and oxygen atoms in total. The maximum atomic E-state index is 5.78. The van der Waals surface area contributed by atoms with Gasteiger partial charge >= 0.3 is 0 Å². The highest BCUT2D eigenvalue weighted by atomic mass is 16.5. The van der Waals surface area contributed by atoms with Gasteiger partial charge in [-0.15, -0.1) is 0 Å². The van der Waals surface area contributed by atoms with Gasteiger partial charge in [-0.05, 0) is 25.2 Å². The first kappa shape index (κ1) is 11.9. The Morgan fingerprint density at radius 3 is 1.92 bits per heavy atom. The summed E-state index contributed by atoms with van der Waals surface area (Å²) in [6.45, 7) is 8.60. The molecule has 2 unspecified atom stereocenters.